The van der Waals surface area contributed by atoms with Gasteiger partial charge in [-0.1, -0.05) is 47.7 Å². The van der Waals surface area contributed by atoms with Crippen molar-refractivity contribution in [1.29, 1.82) is 0 Å². The third kappa shape index (κ3) is 5.09. The van der Waals surface area contributed by atoms with Gasteiger partial charge in [-0.3, -0.25) is 9.69 Å². The van der Waals surface area contributed by atoms with E-state index in [1.165, 1.54) is 4.90 Å². The molecule has 0 aliphatic rings. The number of carbonyl (C=O) groups is 1. The largest absolute Gasteiger partial charge is 0.492 e. The van der Waals surface area contributed by atoms with Crippen LogP contribution in [0.5, 0.6) is 5.75 Å². The van der Waals surface area contributed by atoms with Gasteiger partial charge >= 0.3 is 0 Å². The summed E-state index contributed by atoms with van der Waals surface area (Å²) in [6.07, 6.45) is 1.31. The van der Waals surface area contributed by atoms with Crippen LogP contribution in [-0.4, -0.2) is 44.7 Å². The van der Waals surface area contributed by atoms with Crippen LogP contribution in [0.4, 0.5) is 5.13 Å². The molecule has 2 aromatic carbocycles. The zero-order valence-corrected chi connectivity index (χ0v) is 17.6. The number of anilines is 1. The number of fused-ring (bicyclic) bond motifs is 1. The molecule has 0 unspecified atom stereocenters. The highest BCUT2D eigenvalue weighted by Gasteiger charge is 2.21. The predicted octanol–water partition coefficient (Wildman–Crippen LogP) is 2.81. The Bertz CT molecular complexity index is 909. The molecular weight excluding hydrogens is 370 g/mol. The summed E-state index contributed by atoms with van der Waals surface area (Å²) in [6, 6.07) is 15.8. The van der Waals surface area contributed by atoms with Crippen LogP contribution < -0.4 is 14.5 Å². The van der Waals surface area contributed by atoms with Crippen molar-refractivity contribution in [2.45, 2.75) is 19.8 Å². The summed E-state index contributed by atoms with van der Waals surface area (Å²) in [5, 5.41) is 0.747. The van der Waals surface area contributed by atoms with Crippen LogP contribution in [-0.2, 0) is 11.2 Å². The molecule has 0 aliphatic heterocycles. The SMILES string of the molecule is CCOc1cccc2sc(N(CCC[NH+](C)C)C(=O)Cc3ccccc3)nc12. The molecule has 28 heavy (non-hydrogen) atoms. The lowest BCUT2D eigenvalue weighted by Gasteiger charge is -2.20. The van der Waals surface area contributed by atoms with E-state index in [-0.39, 0.29) is 5.91 Å². The summed E-state index contributed by atoms with van der Waals surface area (Å²) in [7, 11) is 4.25. The summed E-state index contributed by atoms with van der Waals surface area (Å²) in [4.78, 5) is 21.1. The lowest BCUT2D eigenvalue weighted by molar-refractivity contribution is -0.858. The minimum absolute atomic E-state index is 0.0805. The van der Waals surface area contributed by atoms with E-state index in [0.717, 1.165) is 39.6 Å². The number of rotatable bonds is 9. The molecule has 1 aromatic heterocycles. The number of aromatic nitrogens is 1. The van der Waals surface area contributed by atoms with Gasteiger partial charge in [0.1, 0.15) is 11.3 Å². The summed E-state index contributed by atoms with van der Waals surface area (Å²) in [5.41, 5.74) is 1.85. The molecule has 0 spiro atoms. The number of amides is 1. The predicted molar refractivity (Wildman–Crippen MR) is 116 cm³/mol. The van der Waals surface area contributed by atoms with Crippen molar-refractivity contribution >= 4 is 32.6 Å². The van der Waals surface area contributed by atoms with E-state index in [1.807, 2.05) is 60.4 Å². The number of hydrogen-bond acceptors (Lipinski definition) is 4. The zero-order chi connectivity index (χ0) is 19.9. The van der Waals surface area contributed by atoms with Crippen LogP contribution >= 0.6 is 11.3 Å². The van der Waals surface area contributed by atoms with Crippen LogP contribution in [0.2, 0.25) is 0 Å². The molecular formula is C22H28N3O2S+. The number of thiazole rings is 1. The molecule has 1 N–H and O–H groups in total. The Morgan fingerprint density at radius 2 is 1.93 bits per heavy atom. The van der Waals surface area contributed by atoms with E-state index >= 15 is 0 Å². The molecule has 0 saturated carbocycles. The van der Waals surface area contributed by atoms with Gasteiger partial charge in [0.15, 0.2) is 5.13 Å². The van der Waals surface area contributed by atoms with Gasteiger partial charge in [-0.15, -0.1) is 0 Å². The number of ether oxygens (including phenoxy) is 1. The van der Waals surface area contributed by atoms with E-state index < -0.39 is 0 Å². The molecule has 148 valence electrons. The third-order valence-corrected chi connectivity index (χ3v) is 5.50. The van der Waals surface area contributed by atoms with Crippen LogP contribution in [0.3, 0.4) is 0 Å². The molecule has 1 amide bonds. The summed E-state index contributed by atoms with van der Waals surface area (Å²) < 4.78 is 6.76. The lowest BCUT2D eigenvalue weighted by Crippen LogP contribution is -3.05. The van der Waals surface area contributed by atoms with Crippen molar-refractivity contribution in [2.75, 3.05) is 38.7 Å². The smallest absolute Gasteiger partial charge is 0.233 e. The maximum Gasteiger partial charge on any atom is 0.233 e. The lowest BCUT2D eigenvalue weighted by atomic mass is 10.1. The average molecular weight is 399 g/mol. The van der Waals surface area contributed by atoms with Gasteiger partial charge in [0.05, 0.1) is 38.4 Å². The minimum atomic E-state index is 0.0805. The molecule has 0 saturated heterocycles. The van der Waals surface area contributed by atoms with Gasteiger partial charge in [0, 0.05) is 13.0 Å². The van der Waals surface area contributed by atoms with Crippen molar-refractivity contribution in [3.05, 3.63) is 54.1 Å². The third-order valence-electron chi connectivity index (χ3n) is 4.46. The van der Waals surface area contributed by atoms with Gasteiger partial charge in [-0.05, 0) is 24.6 Å². The van der Waals surface area contributed by atoms with Crippen molar-refractivity contribution < 1.29 is 14.4 Å². The maximum absolute atomic E-state index is 13.1. The molecule has 3 aromatic rings. The molecule has 3 rings (SSSR count). The Kier molecular flexibility index (Phi) is 7.01. The first-order valence-electron chi connectivity index (χ1n) is 9.74. The van der Waals surface area contributed by atoms with E-state index in [1.54, 1.807) is 11.3 Å². The fraction of sp³-hybridized carbons (Fsp3) is 0.364. The number of hydrogen-bond donors (Lipinski definition) is 1. The molecule has 0 atom stereocenters. The number of quaternary nitrogens is 1. The number of para-hydroxylation sites is 1. The number of nitrogens with one attached hydrogen (secondary N) is 1. The highest BCUT2D eigenvalue weighted by molar-refractivity contribution is 7.22. The molecule has 5 nitrogen and oxygen atoms in total. The first-order valence-corrected chi connectivity index (χ1v) is 10.6. The van der Waals surface area contributed by atoms with Crippen molar-refractivity contribution in [2.24, 2.45) is 0 Å². The Hall–Kier alpha value is -2.44. The van der Waals surface area contributed by atoms with Gasteiger partial charge in [0.25, 0.3) is 0 Å². The van der Waals surface area contributed by atoms with Crippen molar-refractivity contribution in [3.8, 4) is 5.75 Å². The second kappa shape index (κ2) is 9.66. The van der Waals surface area contributed by atoms with Gasteiger partial charge < -0.3 is 9.64 Å². The maximum atomic E-state index is 13.1. The van der Waals surface area contributed by atoms with E-state index in [0.29, 0.717) is 19.6 Å². The second-order valence-corrected chi connectivity index (χ2v) is 8.06. The van der Waals surface area contributed by atoms with E-state index in [9.17, 15) is 4.79 Å². The minimum Gasteiger partial charge on any atom is -0.492 e. The van der Waals surface area contributed by atoms with E-state index in [4.69, 9.17) is 9.72 Å². The molecule has 6 heteroatoms. The fourth-order valence-corrected chi connectivity index (χ4v) is 4.11. The quantitative estimate of drug-likeness (QED) is 0.603. The first-order chi connectivity index (χ1) is 13.6. The summed E-state index contributed by atoms with van der Waals surface area (Å²) in [5.74, 6) is 0.854. The fourth-order valence-electron chi connectivity index (χ4n) is 3.08. The molecule has 0 fully saturated rings. The van der Waals surface area contributed by atoms with E-state index in [2.05, 4.69) is 14.1 Å². The number of benzene rings is 2. The summed E-state index contributed by atoms with van der Waals surface area (Å²) in [6.45, 7) is 4.23. The highest BCUT2D eigenvalue weighted by atomic mass is 32.1. The van der Waals surface area contributed by atoms with Crippen LogP contribution in [0.15, 0.2) is 48.5 Å². The summed E-state index contributed by atoms with van der Waals surface area (Å²) >= 11 is 1.55. The average Bonchev–Trinajstić information content (AvgIpc) is 3.11. The Morgan fingerprint density at radius 1 is 1.14 bits per heavy atom. The van der Waals surface area contributed by atoms with Crippen molar-refractivity contribution in [3.63, 3.8) is 0 Å². The van der Waals surface area contributed by atoms with Crippen LogP contribution in [0.25, 0.3) is 10.2 Å². The molecule has 0 aliphatic carbocycles. The number of nitrogens with zero attached hydrogens (tertiary/aromatic N) is 2. The Morgan fingerprint density at radius 3 is 2.64 bits per heavy atom. The Labute approximate surface area is 170 Å². The standard InChI is InChI=1S/C22H27N3O2S/c1-4-27-18-12-8-13-19-21(18)23-22(28-19)25(15-9-14-24(2)3)20(26)16-17-10-6-5-7-11-17/h5-8,10-13H,4,9,14-16H2,1-3H3/p+1. The van der Waals surface area contributed by atoms with Gasteiger partial charge in [-0.25, -0.2) is 4.98 Å². The number of carbonyl (C=O) groups excluding carboxylic acids is 1. The highest BCUT2D eigenvalue weighted by Crippen LogP contribution is 2.34. The second-order valence-electron chi connectivity index (χ2n) is 7.05. The molecule has 0 bridgehead atoms. The van der Waals surface area contributed by atoms with Crippen LogP contribution in [0.1, 0.15) is 18.9 Å². The monoisotopic (exact) mass is 398 g/mol. The molecule has 0 radical (unpaired) electrons. The van der Waals surface area contributed by atoms with Gasteiger partial charge in [0.2, 0.25) is 5.91 Å². The normalized spacial score (nSPS) is 11.1. The van der Waals surface area contributed by atoms with Crippen LogP contribution in [0, 0.1) is 0 Å². The van der Waals surface area contributed by atoms with Gasteiger partial charge in [-0.2, -0.15) is 0 Å². The van der Waals surface area contributed by atoms with Crippen molar-refractivity contribution in [1.82, 2.24) is 4.98 Å². The molecule has 1 heterocycles. The topological polar surface area (TPSA) is 46.9 Å². The Balaban J connectivity index is 1.88. The first kappa shape index (κ1) is 20.3. The zero-order valence-electron chi connectivity index (χ0n) is 16.8.